The second-order valence-electron chi connectivity index (χ2n) is 10.5. The highest BCUT2D eigenvalue weighted by Crippen LogP contribution is 2.41. The van der Waals surface area contributed by atoms with E-state index in [9.17, 15) is 9.90 Å². The highest BCUT2D eigenvalue weighted by molar-refractivity contribution is 5.74. The maximum Gasteiger partial charge on any atom is 0.304 e. The maximum absolute atomic E-state index is 12.0. The number of nitrogen functional groups attached to an aromatic ring is 1. The van der Waals surface area contributed by atoms with Crippen molar-refractivity contribution in [3.05, 3.63) is 88.0 Å². The Balaban J connectivity index is 1.54. The number of nitrogens with one attached hydrogen (secondary N) is 1. The fourth-order valence-electron chi connectivity index (χ4n) is 6.17. The Hall–Kier alpha value is -3.51. The second kappa shape index (κ2) is 10.5. The summed E-state index contributed by atoms with van der Waals surface area (Å²) < 4.78 is 6.25. The number of anilines is 2. The lowest BCUT2D eigenvalue weighted by Crippen LogP contribution is -2.36. The van der Waals surface area contributed by atoms with Crippen molar-refractivity contribution < 1.29 is 14.6 Å². The molecule has 0 amide bonds. The number of carbonyl (C=O) groups is 1. The van der Waals surface area contributed by atoms with E-state index in [1.165, 1.54) is 16.7 Å². The van der Waals surface area contributed by atoms with E-state index in [1.807, 2.05) is 32.2 Å². The van der Waals surface area contributed by atoms with Gasteiger partial charge in [0.25, 0.3) is 0 Å². The van der Waals surface area contributed by atoms with Crippen molar-refractivity contribution in [3.8, 4) is 5.75 Å². The highest BCUT2D eigenvalue weighted by Gasteiger charge is 2.31. The van der Waals surface area contributed by atoms with Crippen LogP contribution in [0, 0.1) is 6.92 Å². The molecule has 3 atom stereocenters. The summed E-state index contributed by atoms with van der Waals surface area (Å²) in [6, 6.07) is 19.2. The number of fused-ring (bicyclic) bond motifs is 2. The Kier molecular flexibility index (Phi) is 7.11. The van der Waals surface area contributed by atoms with Crippen LogP contribution in [0.4, 0.5) is 11.4 Å². The maximum atomic E-state index is 12.0. The van der Waals surface area contributed by atoms with E-state index in [2.05, 4.69) is 53.5 Å². The fourth-order valence-corrected chi connectivity index (χ4v) is 6.17. The first kappa shape index (κ1) is 25.2. The smallest absolute Gasteiger partial charge is 0.304 e. The van der Waals surface area contributed by atoms with Gasteiger partial charge in [0.1, 0.15) is 11.9 Å². The molecule has 0 bridgehead atoms. The Morgan fingerprint density at radius 3 is 2.78 bits per heavy atom. The van der Waals surface area contributed by atoms with Gasteiger partial charge in [0.2, 0.25) is 0 Å². The Morgan fingerprint density at radius 1 is 1.19 bits per heavy atom. The zero-order chi connectivity index (χ0) is 26.1. The third-order valence-corrected chi connectivity index (χ3v) is 8.04. The van der Waals surface area contributed by atoms with Crippen LogP contribution in [0.1, 0.15) is 71.5 Å². The van der Waals surface area contributed by atoms with Crippen LogP contribution in [0.2, 0.25) is 0 Å². The van der Waals surface area contributed by atoms with Crippen LogP contribution in [-0.4, -0.2) is 35.7 Å². The zero-order valence-electron chi connectivity index (χ0n) is 22.0. The predicted octanol–water partition coefficient (Wildman–Crippen LogP) is 5.89. The van der Waals surface area contributed by atoms with Crippen molar-refractivity contribution in [2.75, 3.05) is 24.6 Å². The average Bonchev–Trinajstić information content (AvgIpc) is 3.06. The molecule has 0 spiro atoms. The molecule has 37 heavy (non-hydrogen) atoms. The summed E-state index contributed by atoms with van der Waals surface area (Å²) in [5.41, 5.74) is 14.8. The quantitative estimate of drug-likeness (QED) is 0.367. The predicted molar refractivity (Wildman–Crippen MR) is 148 cm³/mol. The average molecular weight is 500 g/mol. The van der Waals surface area contributed by atoms with Gasteiger partial charge in [0.15, 0.2) is 0 Å². The molecule has 6 nitrogen and oxygen atoms in total. The molecule has 0 fully saturated rings. The lowest BCUT2D eigenvalue weighted by Gasteiger charge is -2.36. The Morgan fingerprint density at radius 2 is 2.00 bits per heavy atom. The number of carboxylic acid groups (broad SMARTS) is 1. The van der Waals surface area contributed by atoms with Crippen molar-refractivity contribution in [1.29, 1.82) is 0 Å². The van der Waals surface area contributed by atoms with E-state index < -0.39 is 5.97 Å². The molecular weight excluding hydrogens is 462 g/mol. The highest BCUT2D eigenvalue weighted by atomic mass is 16.5. The lowest BCUT2D eigenvalue weighted by molar-refractivity contribution is -0.137. The number of aryl methyl sites for hydroxylation is 1. The molecule has 1 aliphatic heterocycles. The normalized spacial score (nSPS) is 20.2. The summed E-state index contributed by atoms with van der Waals surface area (Å²) in [7, 11) is 1.84. The molecule has 2 aliphatic rings. The Labute approximate surface area is 219 Å². The van der Waals surface area contributed by atoms with Crippen molar-refractivity contribution in [3.63, 3.8) is 0 Å². The molecule has 1 aliphatic carbocycles. The minimum Gasteiger partial charge on any atom is -0.489 e. The molecule has 0 saturated heterocycles. The summed E-state index contributed by atoms with van der Waals surface area (Å²) in [6.45, 7) is 5.81. The Bertz CT molecular complexity index is 1300. The molecule has 0 aromatic heterocycles. The molecule has 3 aromatic carbocycles. The molecule has 6 heteroatoms. The molecule has 4 N–H and O–H groups in total. The van der Waals surface area contributed by atoms with Gasteiger partial charge in [-0.25, -0.2) is 0 Å². The molecule has 0 radical (unpaired) electrons. The third kappa shape index (κ3) is 5.03. The van der Waals surface area contributed by atoms with Crippen molar-refractivity contribution in [1.82, 2.24) is 4.90 Å². The summed E-state index contributed by atoms with van der Waals surface area (Å²) in [5.74, 6) is -0.113. The van der Waals surface area contributed by atoms with Crippen LogP contribution in [-0.2, 0) is 17.8 Å². The van der Waals surface area contributed by atoms with Gasteiger partial charge in [0.05, 0.1) is 17.8 Å². The van der Waals surface area contributed by atoms with Crippen molar-refractivity contribution >= 4 is 17.3 Å². The number of nitrogens with zero attached hydrogens (tertiary/aromatic N) is 1. The van der Waals surface area contributed by atoms with Gasteiger partial charge in [-0.05, 0) is 73.1 Å². The van der Waals surface area contributed by atoms with Crippen molar-refractivity contribution in [2.24, 2.45) is 0 Å². The monoisotopic (exact) mass is 499 g/mol. The number of aliphatic carboxylic acids is 1. The van der Waals surface area contributed by atoms with Crippen LogP contribution < -0.4 is 15.8 Å². The largest absolute Gasteiger partial charge is 0.489 e. The molecule has 1 heterocycles. The third-order valence-electron chi connectivity index (χ3n) is 8.04. The van der Waals surface area contributed by atoms with E-state index in [1.54, 1.807) is 0 Å². The number of nitrogens with two attached hydrogens (primary N) is 1. The zero-order valence-corrected chi connectivity index (χ0v) is 22.0. The summed E-state index contributed by atoms with van der Waals surface area (Å²) in [5, 5.41) is 13.0. The second-order valence-corrected chi connectivity index (χ2v) is 10.5. The van der Waals surface area contributed by atoms with E-state index in [4.69, 9.17) is 10.5 Å². The molecule has 3 aromatic rings. The number of para-hydroxylation sites is 1. The summed E-state index contributed by atoms with van der Waals surface area (Å²) >= 11 is 0. The molecule has 2 unspecified atom stereocenters. The van der Waals surface area contributed by atoms with Crippen LogP contribution >= 0.6 is 0 Å². The number of benzene rings is 3. The van der Waals surface area contributed by atoms with E-state index in [-0.39, 0.29) is 24.5 Å². The molecule has 194 valence electrons. The SMILES string of the molecule is CNc1ccc(C(CC(=O)O)c2ccc3c(c2)C(N2Cc4ccccc4O[C@H](C)C2)CCC3)c(C)c1N. The number of carboxylic acids is 1. The minimum atomic E-state index is -0.815. The van der Waals surface area contributed by atoms with Gasteiger partial charge in [-0.15, -0.1) is 0 Å². The van der Waals surface area contributed by atoms with E-state index in [0.29, 0.717) is 5.69 Å². The van der Waals surface area contributed by atoms with E-state index in [0.717, 1.165) is 60.5 Å². The van der Waals surface area contributed by atoms with Crippen LogP contribution in [0.3, 0.4) is 0 Å². The first-order chi connectivity index (χ1) is 17.9. The van der Waals surface area contributed by atoms with Gasteiger partial charge in [-0.3, -0.25) is 9.69 Å². The number of ether oxygens (including phenoxy) is 1. The minimum absolute atomic E-state index is 0.0184. The first-order valence-corrected chi connectivity index (χ1v) is 13.3. The van der Waals surface area contributed by atoms with Crippen LogP contribution in [0.25, 0.3) is 0 Å². The standard InChI is InChI=1S/C31H37N3O3/c1-19-17-34(18-23-7-4-5-10-29(23)37-19)28-9-6-8-21-11-12-22(15-26(21)28)25(16-30(35)36)24-13-14-27(33-3)31(32)20(24)2/h4-5,7,10-15,19,25,28,33H,6,8-9,16-18,32H2,1-3H3,(H,35,36)/t19-,25?,28?/m1/s1. The molecular formula is C31H37N3O3. The van der Waals surface area contributed by atoms with Gasteiger partial charge in [-0.2, -0.15) is 0 Å². The van der Waals surface area contributed by atoms with Crippen LogP contribution in [0.15, 0.2) is 54.6 Å². The first-order valence-electron chi connectivity index (χ1n) is 13.3. The molecule has 5 rings (SSSR count). The van der Waals surface area contributed by atoms with Crippen molar-refractivity contribution in [2.45, 2.75) is 64.1 Å². The number of hydrogen-bond acceptors (Lipinski definition) is 5. The summed E-state index contributed by atoms with van der Waals surface area (Å²) in [4.78, 5) is 14.6. The lowest BCUT2D eigenvalue weighted by atomic mass is 9.80. The van der Waals surface area contributed by atoms with Gasteiger partial charge in [0, 0.05) is 37.7 Å². The van der Waals surface area contributed by atoms with E-state index >= 15 is 0 Å². The number of hydrogen-bond donors (Lipinski definition) is 3. The molecule has 0 saturated carbocycles. The van der Waals surface area contributed by atoms with Gasteiger partial charge in [-0.1, -0.05) is 42.5 Å². The number of rotatable bonds is 6. The van der Waals surface area contributed by atoms with Gasteiger partial charge >= 0.3 is 5.97 Å². The van der Waals surface area contributed by atoms with Crippen LogP contribution in [0.5, 0.6) is 5.75 Å². The fraction of sp³-hybridized carbons (Fsp3) is 0.387. The topological polar surface area (TPSA) is 87.8 Å². The van der Waals surface area contributed by atoms with Gasteiger partial charge < -0.3 is 20.9 Å². The summed E-state index contributed by atoms with van der Waals surface area (Å²) in [6.07, 6.45) is 3.38.